The molecule has 1 amide bonds. The molecule has 1 aliphatic rings. The Kier molecular flexibility index (Phi) is 4.33. The zero-order chi connectivity index (χ0) is 17.2. The van der Waals surface area contributed by atoms with Gasteiger partial charge in [0, 0.05) is 0 Å². The number of amides is 1. The summed E-state index contributed by atoms with van der Waals surface area (Å²) >= 11 is 0. The first kappa shape index (κ1) is 16.2. The third-order valence-corrected chi connectivity index (χ3v) is 3.59. The highest BCUT2D eigenvalue weighted by Crippen LogP contribution is 2.31. The summed E-state index contributed by atoms with van der Waals surface area (Å²) in [6, 6.07) is 11.8. The summed E-state index contributed by atoms with van der Waals surface area (Å²) in [6.07, 6.45) is -4.79. The van der Waals surface area contributed by atoms with Crippen LogP contribution in [0.2, 0.25) is 0 Å². The van der Waals surface area contributed by atoms with E-state index in [1.807, 2.05) is 0 Å². The lowest BCUT2D eigenvalue weighted by Crippen LogP contribution is -2.32. The van der Waals surface area contributed by atoms with E-state index in [0.29, 0.717) is 11.3 Å². The Morgan fingerprint density at radius 2 is 1.62 bits per heavy atom. The second kappa shape index (κ2) is 6.43. The van der Waals surface area contributed by atoms with Crippen molar-refractivity contribution < 1.29 is 27.4 Å². The molecule has 1 saturated heterocycles. The van der Waals surface area contributed by atoms with Crippen LogP contribution in [0.25, 0.3) is 11.1 Å². The van der Waals surface area contributed by atoms with Gasteiger partial charge in [0.05, 0.1) is 5.56 Å². The largest absolute Gasteiger partial charge is 0.491 e. The number of nitrogens with one attached hydrogen (secondary N) is 1. The van der Waals surface area contributed by atoms with Gasteiger partial charge in [-0.25, -0.2) is 4.79 Å². The quantitative estimate of drug-likeness (QED) is 0.922. The summed E-state index contributed by atoms with van der Waals surface area (Å²) in [4.78, 5) is 10.9. The van der Waals surface area contributed by atoms with Gasteiger partial charge in [-0.3, -0.25) is 0 Å². The van der Waals surface area contributed by atoms with Crippen LogP contribution in [0.5, 0.6) is 5.75 Å². The third-order valence-electron chi connectivity index (χ3n) is 3.59. The molecule has 1 heterocycles. The number of hydrogen-bond donors (Lipinski definition) is 1. The van der Waals surface area contributed by atoms with E-state index in [0.717, 1.165) is 17.7 Å². The maximum atomic E-state index is 12.6. The van der Waals surface area contributed by atoms with E-state index in [1.165, 1.54) is 12.1 Å². The number of alkyl carbamates (subject to hydrolysis) is 1. The lowest BCUT2D eigenvalue weighted by atomic mass is 10.0. The molecule has 0 aromatic heterocycles. The maximum Gasteiger partial charge on any atom is 0.416 e. The Hall–Kier alpha value is -2.70. The van der Waals surface area contributed by atoms with Crippen molar-refractivity contribution in [1.82, 2.24) is 5.32 Å². The highest BCUT2D eigenvalue weighted by Gasteiger charge is 2.30. The topological polar surface area (TPSA) is 47.6 Å². The Bertz CT molecular complexity index is 711. The van der Waals surface area contributed by atoms with Crippen molar-refractivity contribution in [2.75, 3.05) is 13.2 Å². The summed E-state index contributed by atoms with van der Waals surface area (Å²) in [7, 11) is 0. The van der Waals surface area contributed by atoms with Crippen LogP contribution in [0.15, 0.2) is 48.5 Å². The number of ether oxygens (including phenoxy) is 2. The van der Waals surface area contributed by atoms with Crippen LogP contribution in [0.4, 0.5) is 18.0 Å². The van der Waals surface area contributed by atoms with E-state index in [4.69, 9.17) is 9.47 Å². The predicted molar refractivity (Wildman–Crippen MR) is 80.6 cm³/mol. The number of carbonyl (C=O) groups excluding carboxylic acids is 1. The monoisotopic (exact) mass is 337 g/mol. The molecule has 0 saturated carbocycles. The minimum absolute atomic E-state index is 0.188. The molecule has 2 aromatic carbocycles. The first-order chi connectivity index (χ1) is 11.4. The van der Waals surface area contributed by atoms with Gasteiger partial charge in [-0.2, -0.15) is 13.2 Å². The molecule has 0 aliphatic carbocycles. The number of hydrogen-bond acceptors (Lipinski definition) is 3. The van der Waals surface area contributed by atoms with Crippen LogP contribution in [0.3, 0.4) is 0 Å². The van der Waals surface area contributed by atoms with Crippen molar-refractivity contribution in [3.8, 4) is 16.9 Å². The first-order valence-electron chi connectivity index (χ1n) is 7.25. The molecule has 3 rings (SSSR count). The van der Waals surface area contributed by atoms with Crippen LogP contribution in [0.1, 0.15) is 5.56 Å². The molecule has 7 heteroatoms. The normalized spacial score (nSPS) is 17.3. The molecule has 1 aliphatic heterocycles. The summed E-state index contributed by atoms with van der Waals surface area (Å²) in [5, 5.41) is 2.60. The molecule has 1 fully saturated rings. The smallest absolute Gasteiger partial charge is 0.416 e. The molecule has 1 atom stereocenters. The molecule has 0 spiro atoms. The van der Waals surface area contributed by atoms with Gasteiger partial charge in [0.15, 0.2) is 0 Å². The van der Waals surface area contributed by atoms with E-state index in [2.05, 4.69) is 5.32 Å². The molecule has 126 valence electrons. The molecule has 4 nitrogen and oxygen atoms in total. The van der Waals surface area contributed by atoms with E-state index in [9.17, 15) is 18.0 Å². The predicted octanol–water partition coefficient (Wildman–Crippen LogP) is 3.86. The number of halogens is 3. The molecule has 2 aromatic rings. The number of benzene rings is 2. The van der Waals surface area contributed by atoms with Gasteiger partial charge >= 0.3 is 12.3 Å². The lowest BCUT2D eigenvalue weighted by molar-refractivity contribution is -0.137. The fraction of sp³-hybridized carbons (Fsp3) is 0.235. The van der Waals surface area contributed by atoms with Crippen molar-refractivity contribution in [3.63, 3.8) is 0 Å². The van der Waals surface area contributed by atoms with Gasteiger partial charge in [-0.15, -0.1) is 0 Å². The van der Waals surface area contributed by atoms with E-state index < -0.39 is 17.8 Å². The summed E-state index contributed by atoms with van der Waals surface area (Å²) in [6.45, 7) is 0.549. The van der Waals surface area contributed by atoms with Gasteiger partial charge in [0.2, 0.25) is 0 Å². The molecule has 0 bridgehead atoms. The summed E-state index contributed by atoms with van der Waals surface area (Å²) < 4.78 is 48.0. The number of carbonyl (C=O) groups is 1. The highest BCUT2D eigenvalue weighted by atomic mass is 19.4. The van der Waals surface area contributed by atoms with Crippen molar-refractivity contribution in [2.24, 2.45) is 0 Å². The van der Waals surface area contributed by atoms with E-state index in [-0.39, 0.29) is 19.3 Å². The maximum absolute atomic E-state index is 12.6. The van der Waals surface area contributed by atoms with Crippen LogP contribution < -0.4 is 10.1 Å². The Morgan fingerprint density at radius 3 is 2.12 bits per heavy atom. The van der Waals surface area contributed by atoms with Crippen LogP contribution >= 0.6 is 0 Å². The molecular weight excluding hydrogens is 323 g/mol. The van der Waals surface area contributed by atoms with Gasteiger partial charge in [-0.1, -0.05) is 24.3 Å². The Balaban J connectivity index is 1.62. The SMILES string of the molecule is O=C1N[C@H](COc2ccc(-c3ccc(C(F)(F)F)cc3)cc2)CO1. The van der Waals surface area contributed by atoms with Crippen molar-refractivity contribution in [2.45, 2.75) is 12.2 Å². The standard InChI is InChI=1S/C17H14F3NO3/c18-17(19,20)13-5-1-11(2-6-13)12-3-7-15(8-4-12)23-9-14-10-24-16(22)21-14/h1-8,14H,9-10H2,(H,21,22)/t14-/m1/s1. The average Bonchev–Trinajstić information content (AvgIpc) is 2.98. The van der Waals surface area contributed by atoms with Gasteiger partial charge in [0.1, 0.15) is 25.0 Å². The van der Waals surface area contributed by atoms with Crippen LogP contribution in [-0.2, 0) is 10.9 Å². The van der Waals surface area contributed by atoms with Crippen molar-refractivity contribution in [1.29, 1.82) is 0 Å². The van der Waals surface area contributed by atoms with Gasteiger partial charge in [0.25, 0.3) is 0 Å². The van der Waals surface area contributed by atoms with Crippen molar-refractivity contribution >= 4 is 6.09 Å². The van der Waals surface area contributed by atoms with Crippen LogP contribution in [0, 0.1) is 0 Å². The zero-order valence-electron chi connectivity index (χ0n) is 12.5. The number of cyclic esters (lactones) is 1. The molecule has 0 unspecified atom stereocenters. The summed E-state index contributed by atoms with van der Waals surface area (Å²) in [5.41, 5.74) is 0.798. The zero-order valence-corrected chi connectivity index (χ0v) is 12.5. The minimum atomic E-state index is -4.34. The minimum Gasteiger partial charge on any atom is -0.491 e. The molecule has 1 N–H and O–H groups in total. The second-order valence-electron chi connectivity index (χ2n) is 5.35. The fourth-order valence-electron chi connectivity index (χ4n) is 2.31. The number of alkyl halides is 3. The molecule has 0 radical (unpaired) electrons. The number of rotatable bonds is 4. The second-order valence-corrected chi connectivity index (χ2v) is 5.35. The fourth-order valence-corrected chi connectivity index (χ4v) is 2.31. The van der Waals surface area contributed by atoms with E-state index >= 15 is 0 Å². The Labute approximate surface area is 136 Å². The van der Waals surface area contributed by atoms with E-state index in [1.54, 1.807) is 24.3 Å². The summed E-state index contributed by atoms with van der Waals surface area (Å²) in [5.74, 6) is 0.604. The highest BCUT2D eigenvalue weighted by molar-refractivity contribution is 5.69. The third kappa shape index (κ3) is 3.79. The van der Waals surface area contributed by atoms with Gasteiger partial charge < -0.3 is 14.8 Å². The lowest BCUT2D eigenvalue weighted by Gasteiger charge is -2.11. The average molecular weight is 337 g/mol. The first-order valence-corrected chi connectivity index (χ1v) is 7.25. The Morgan fingerprint density at radius 1 is 1.04 bits per heavy atom. The van der Waals surface area contributed by atoms with Crippen LogP contribution in [-0.4, -0.2) is 25.3 Å². The van der Waals surface area contributed by atoms with Crippen molar-refractivity contribution in [3.05, 3.63) is 54.1 Å². The molecular formula is C17H14F3NO3. The van der Waals surface area contributed by atoms with Gasteiger partial charge in [-0.05, 0) is 35.4 Å². The molecule has 24 heavy (non-hydrogen) atoms.